The summed E-state index contributed by atoms with van der Waals surface area (Å²) in [7, 11) is 0. The van der Waals surface area contributed by atoms with Gasteiger partial charge in [-0.15, -0.1) is 11.3 Å². The van der Waals surface area contributed by atoms with Gasteiger partial charge in [-0.1, -0.05) is 29.3 Å². The van der Waals surface area contributed by atoms with Gasteiger partial charge in [0.25, 0.3) is 0 Å². The Kier molecular flexibility index (Phi) is 3.17. The van der Waals surface area contributed by atoms with Crippen LogP contribution in [-0.2, 0) is 0 Å². The third-order valence-corrected chi connectivity index (χ3v) is 4.25. The van der Waals surface area contributed by atoms with Crippen molar-refractivity contribution in [2.75, 3.05) is 0 Å². The number of thiophene rings is 1. The molecule has 0 saturated carbocycles. The number of rotatable bonds is 1. The van der Waals surface area contributed by atoms with Gasteiger partial charge < -0.3 is 0 Å². The second-order valence-electron chi connectivity index (χ2n) is 4.03. The average molecular weight is 313 g/mol. The monoisotopic (exact) mass is 312 g/mol. The summed E-state index contributed by atoms with van der Waals surface area (Å²) in [6.07, 6.45) is 0. The predicted octanol–water partition coefficient (Wildman–Crippen LogP) is 5.11. The van der Waals surface area contributed by atoms with E-state index < -0.39 is 5.82 Å². The van der Waals surface area contributed by atoms with E-state index >= 15 is 0 Å². The fourth-order valence-corrected chi connectivity index (χ4v) is 3.07. The van der Waals surface area contributed by atoms with Gasteiger partial charge in [0, 0.05) is 0 Å². The molecule has 2 heterocycles. The van der Waals surface area contributed by atoms with Gasteiger partial charge in [-0.2, -0.15) is 0 Å². The molecule has 0 unspecified atom stereocenters. The molecule has 2 aromatic heterocycles. The minimum Gasteiger partial charge on any atom is -0.227 e. The lowest BCUT2D eigenvalue weighted by atomic mass is 10.1. The zero-order valence-corrected chi connectivity index (χ0v) is 12.1. The van der Waals surface area contributed by atoms with Crippen LogP contribution in [0.3, 0.4) is 0 Å². The van der Waals surface area contributed by atoms with Gasteiger partial charge in [-0.3, -0.25) is 0 Å². The maximum atomic E-state index is 13.8. The summed E-state index contributed by atoms with van der Waals surface area (Å²) in [6.45, 7) is 1.86. The second kappa shape index (κ2) is 4.71. The molecule has 0 fully saturated rings. The molecule has 2 nitrogen and oxygen atoms in total. The highest BCUT2D eigenvalue weighted by Gasteiger charge is 2.14. The summed E-state index contributed by atoms with van der Waals surface area (Å²) >= 11 is 13.3. The molecule has 0 aliphatic carbocycles. The maximum absolute atomic E-state index is 13.8. The molecule has 6 heteroatoms. The van der Waals surface area contributed by atoms with Crippen LogP contribution >= 0.6 is 34.5 Å². The Bertz CT molecular complexity index is 786. The molecule has 0 radical (unpaired) electrons. The third-order valence-electron chi connectivity index (χ3n) is 2.75. The molecule has 0 bridgehead atoms. The van der Waals surface area contributed by atoms with Gasteiger partial charge in [-0.05, 0) is 30.7 Å². The van der Waals surface area contributed by atoms with Crippen LogP contribution in [0.15, 0.2) is 24.3 Å². The Balaban J connectivity index is 2.33. The molecular formula is C13H7Cl2FN2S. The van der Waals surface area contributed by atoms with Crippen LogP contribution in [0.25, 0.3) is 21.6 Å². The van der Waals surface area contributed by atoms with Crippen LogP contribution in [0.5, 0.6) is 0 Å². The number of halogens is 3. The number of fused-ring (bicyclic) bond motifs is 1. The number of aromatic nitrogens is 2. The van der Waals surface area contributed by atoms with Gasteiger partial charge in [-0.25, -0.2) is 14.4 Å². The molecule has 0 aliphatic rings. The zero-order chi connectivity index (χ0) is 13.6. The molecule has 96 valence electrons. The van der Waals surface area contributed by atoms with Crippen molar-refractivity contribution in [1.82, 2.24) is 9.97 Å². The van der Waals surface area contributed by atoms with Gasteiger partial charge in [0.05, 0.1) is 20.1 Å². The Morgan fingerprint density at radius 1 is 1.11 bits per heavy atom. The number of nitrogens with zero attached hydrogens (tertiary/aromatic N) is 2. The van der Waals surface area contributed by atoms with Crippen molar-refractivity contribution in [3.63, 3.8) is 0 Å². The minimum absolute atomic E-state index is 0.116. The lowest BCUT2D eigenvalue weighted by molar-refractivity contribution is 0.639. The van der Waals surface area contributed by atoms with E-state index in [0.29, 0.717) is 15.7 Å². The molecule has 3 aromatic rings. The van der Waals surface area contributed by atoms with E-state index in [1.165, 1.54) is 17.4 Å². The first-order valence-electron chi connectivity index (χ1n) is 5.44. The van der Waals surface area contributed by atoms with Gasteiger partial charge in [0.1, 0.15) is 11.0 Å². The lowest BCUT2D eigenvalue weighted by Gasteiger charge is -2.06. The van der Waals surface area contributed by atoms with Gasteiger partial charge in [0.15, 0.2) is 5.82 Å². The fourth-order valence-electron chi connectivity index (χ4n) is 1.84. The average Bonchev–Trinajstić information content (AvgIpc) is 2.80. The maximum Gasteiger partial charge on any atom is 0.171 e. The molecule has 0 aliphatic heterocycles. The molecule has 0 spiro atoms. The van der Waals surface area contributed by atoms with E-state index in [-0.39, 0.29) is 10.5 Å². The summed E-state index contributed by atoms with van der Waals surface area (Å²) in [5.74, 6) is 0.0458. The zero-order valence-electron chi connectivity index (χ0n) is 9.75. The van der Waals surface area contributed by atoms with Crippen LogP contribution < -0.4 is 0 Å². The predicted molar refractivity (Wildman–Crippen MR) is 77.6 cm³/mol. The van der Waals surface area contributed by atoms with E-state index in [9.17, 15) is 4.39 Å². The van der Waals surface area contributed by atoms with E-state index in [2.05, 4.69) is 9.97 Å². The molecular weight excluding hydrogens is 306 g/mol. The van der Waals surface area contributed by atoms with E-state index in [0.717, 1.165) is 10.4 Å². The molecule has 0 amide bonds. The second-order valence-corrected chi connectivity index (χ2v) is 6.10. The van der Waals surface area contributed by atoms with Crippen molar-refractivity contribution in [3.05, 3.63) is 45.1 Å². The first-order valence-corrected chi connectivity index (χ1v) is 7.01. The molecule has 0 N–H and O–H groups in total. The molecule has 0 atom stereocenters. The minimum atomic E-state index is -0.415. The van der Waals surface area contributed by atoms with Crippen LogP contribution in [0.2, 0.25) is 9.49 Å². The summed E-state index contributed by atoms with van der Waals surface area (Å²) < 4.78 is 14.4. The summed E-state index contributed by atoms with van der Waals surface area (Å²) in [5.41, 5.74) is 1.38. The number of hydrogen-bond acceptors (Lipinski definition) is 3. The van der Waals surface area contributed by atoms with Crippen LogP contribution in [0.1, 0.15) is 5.56 Å². The highest BCUT2D eigenvalue weighted by molar-refractivity contribution is 7.19. The first kappa shape index (κ1) is 12.8. The Labute approximate surface area is 122 Å². The summed E-state index contributed by atoms with van der Waals surface area (Å²) in [5, 5.41) is 0.374. The lowest BCUT2D eigenvalue weighted by Crippen LogP contribution is -1.94. The van der Waals surface area contributed by atoms with Gasteiger partial charge >= 0.3 is 0 Å². The van der Waals surface area contributed by atoms with E-state index in [1.807, 2.05) is 13.0 Å². The number of benzene rings is 1. The Hall–Kier alpha value is -1.23. The fraction of sp³-hybridized carbons (Fsp3) is 0.0769. The van der Waals surface area contributed by atoms with Crippen molar-refractivity contribution in [2.45, 2.75) is 6.92 Å². The SMILES string of the molecule is Cc1ccc(F)c2c(Cl)nc(-c3ccc(Cl)s3)nc12. The number of aryl methyl sites for hydroxylation is 1. The Morgan fingerprint density at radius 3 is 2.58 bits per heavy atom. The highest BCUT2D eigenvalue weighted by atomic mass is 35.5. The largest absolute Gasteiger partial charge is 0.227 e. The van der Waals surface area contributed by atoms with Crippen molar-refractivity contribution >= 4 is 45.4 Å². The van der Waals surface area contributed by atoms with Crippen LogP contribution in [-0.4, -0.2) is 9.97 Å². The highest BCUT2D eigenvalue weighted by Crippen LogP contribution is 2.33. The topological polar surface area (TPSA) is 25.8 Å². The van der Waals surface area contributed by atoms with Gasteiger partial charge in [0.2, 0.25) is 0 Å². The number of hydrogen-bond donors (Lipinski definition) is 0. The van der Waals surface area contributed by atoms with Crippen LogP contribution in [0, 0.1) is 12.7 Å². The van der Waals surface area contributed by atoms with E-state index in [4.69, 9.17) is 23.2 Å². The summed E-state index contributed by atoms with van der Waals surface area (Å²) in [6, 6.07) is 6.63. The van der Waals surface area contributed by atoms with Crippen molar-refractivity contribution in [1.29, 1.82) is 0 Å². The Morgan fingerprint density at radius 2 is 1.89 bits per heavy atom. The normalized spacial score (nSPS) is 11.2. The summed E-state index contributed by atoms with van der Waals surface area (Å²) in [4.78, 5) is 9.35. The quantitative estimate of drug-likeness (QED) is 0.583. The first-order chi connectivity index (χ1) is 9.06. The van der Waals surface area contributed by atoms with E-state index in [1.54, 1.807) is 12.1 Å². The molecule has 3 rings (SSSR count). The standard InChI is InChI=1S/C13H7Cl2FN2S/c1-6-2-3-7(16)10-11(6)17-13(18-12(10)15)8-4-5-9(14)19-8/h2-5H,1H3. The van der Waals surface area contributed by atoms with Crippen molar-refractivity contribution in [2.24, 2.45) is 0 Å². The van der Waals surface area contributed by atoms with Crippen molar-refractivity contribution in [3.8, 4) is 10.7 Å². The van der Waals surface area contributed by atoms with Crippen LogP contribution in [0.4, 0.5) is 4.39 Å². The molecule has 19 heavy (non-hydrogen) atoms. The third kappa shape index (κ3) is 2.20. The van der Waals surface area contributed by atoms with Crippen molar-refractivity contribution < 1.29 is 4.39 Å². The molecule has 0 saturated heterocycles. The molecule has 1 aromatic carbocycles. The smallest absolute Gasteiger partial charge is 0.171 e.